The number of amides is 1. The van der Waals surface area contributed by atoms with Crippen LogP contribution < -0.4 is 0 Å². The van der Waals surface area contributed by atoms with Crippen LogP contribution in [0.25, 0.3) is 0 Å². The molecule has 2 heterocycles. The minimum absolute atomic E-state index is 0.0217. The molecule has 6 nitrogen and oxygen atoms in total. The molecule has 1 aromatic heterocycles. The average Bonchev–Trinajstić information content (AvgIpc) is 3.56. The Balaban J connectivity index is 1.47. The first-order valence-electron chi connectivity index (χ1n) is 11.6. The summed E-state index contributed by atoms with van der Waals surface area (Å²) in [4.78, 5) is 19.7. The fraction of sp³-hybridized carbons (Fsp3) is 0.750. The van der Waals surface area contributed by atoms with Gasteiger partial charge in [0, 0.05) is 43.5 Å². The summed E-state index contributed by atoms with van der Waals surface area (Å²) >= 11 is 1.96. The van der Waals surface area contributed by atoms with Crippen molar-refractivity contribution in [2.24, 2.45) is 5.92 Å². The van der Waals surface area contributed by atoms with Crippen LogP contribution in [0.1, 0.15) is 56.2 Å². The van der Waals surface area contributed by atoms with Gasteiger partial charge in [0.25, 0.3) is 5.91 Å². The predicted molar refractivity (Wildman–Crippen MR) is 122 cm³/mol. The molecule has 31 heavy (non-hydrogen) atoms. The first-order chi connectivity index (χ1) is 15.2. The van der Waals surface area contributed by atoms with E-state index in [1.807, 2.05) is 18.0 Å². The molecule has 172 valence electrons. The van der Waals surface area contributed by atoms with E-state index in [0.717, 1.165) is 23.8 Å². The Morgan fingerprint density at radius 3 is 2.74 bits per heavy atom. The summed E-state index contributed by atoms with van der Waals surface area (Å²) in [5, 5.41) is 0.702. The van der Waals surface area contributed by atoms with E-state index in [9.17, 15) is 4.79 Å². The van der Waals surface area contributed by atoms with Gasteiger partial charge < -0.3 is 19.1 Å². The maximum absolute atomic E-state index is 13.3. The summed E-state index contributed by atoms with van der Waals surface area (Å²) in [6.07, 6.45) is 12.6. The SMILES string of the molecule is COCO[C@@]1(Cc2cc(CCCC3CC3)ccn2)C(=O)N(COC)[C@H]1CSC1CCC1. The van der Waals surface area contributed by atoms with Crippen LogP contribution >= 0.6 is 11.8 Å². The number of likely N-dealkylation sites (tertiary alicyclic amines) is 1. The van der Waals surface area contributed by atoms with Crippen LogP contribution in [0.4, 0.5) is 0 Å². The predicted octanol–water partition coefficient (Wildman–Crippen LogP) is 3.82. The molecule has 3 fully saturated rings. The lowest BCUT2D eigenvalue weighted by molar-refractivity contribution is -0.229. The molecule has 1 aliphatic heterocycles. The molecule has 1 aromatic rings. The maximum atomic E-state index is 13.3. The van der Waals surface area contributed by atoms with Gasteiger partial charge in [-0.05, 0) is 49.3 Å². The number of thioether (sulfide) groups is 1. The molecule has 2 aliphatic carbocycles. The monoisotopic (exact) mass is 448 g/mol. The van der Waals surface area contributed by atoms with Crippen molar-refractivity contribution in [2.75, 3.05) is 33.5 Å². The molecule has 1 saturated heterocycles. The van der Waals surface area contributed by atoms with Crippen molar-refractivity contribution in [2.45, 2.75) is 74.7 Å². The third-order valence-electron chi connectivity index (χ3n) is 6.88. The van der Waals surface area contributed by atoms with E-state index in [1.54, 1.807) is 19.1 Å². The molecule has 0 N–H and O–H groups in total. The van der Waals surface area contributed by atoms with Gasteiger partial charge in [-0.2, -0.15) is 11.8 Å². The number of nitrogens with zero attached hydrogens (tertiary/aromatic N) is 2. The van der Waals surface area contributed by atoms with Crippen molar-refractivity contribution < 1.29 is 19.0 Å². The minimum Gasteiger partial charge on any atom is -0.364 e. The highest BCUT2D eigenvalue weighted by atomic mass is 32.2. The molecule has 0 bridgehead atoms. The molecule has 0 aromatic carbocycles. The van der Waals surface area contributed by atoms with Crippen molar-refractivity contribution in [3.63, 3.8) is 0 Å². The lowest BCUT2D eigenvalue weighted by atomic mass is 9.79. The zero-order valence-corrected chi connectivity index (χ0v) is 19.7. The van der Waals surface area contributed by atoms with Crippen molar-refractivity contribution in [3.8, 4) is 0 Å². The summed E-state index contributed by atoms with van der Waals surface area (Å²) in [6.45, 7) is 0.389. The van der Waals surface area contributed by atoms with Gasteiger partial charge in [-0.25, -0.2) is 0 Å². The maximum Gasteiger partial charge on any atom is 0.259 e. The molecule has 7 heteroatoms. The molecule has 0 radical (unpaired) electrons. The van der Waals surface area contributed by atoms with E-state index >= 15 is 0 Å². The zero-order chi connectivity index (χ0) is 21.7. The fourth-order valence-corrected chi connectivity index (χ4v) is 6.18. The molecule has 1 amide bonds. The quantitative estimate of drug-likeness (QED) is 0.319. The highest BCUT2D eigenvalue weighted by Crippen LogP contribution is 2.42. The summed E-state index contributed by atoms with van der Waals surface area (Å²) in [6, 6.07) is 4.22. The number of aryl methyl sites for hydroxylation is 1. The van der Waals surface area contributed by atoms with Crippen LogP contribution in [0.2, 0.25) is 0 Å². The van der Waals surface area contributed by atoms with Crippen LogP contribution in [-0.2, 0) is 31.8 Å². The highest BCUT2D eigenvalue weighted by molar-refractivity contribution is 8.00. The van der Waals surface area contributed by atoms with Gasteiger partial charge in [0.2, 0.25) is 0 Å². The van der Waals surface area contributed by atoms with Crippen LogP contribution in [0, 0.1) is 5.92 Å². The Labute approximate surface area is 190 Å². The Kier molecular flexibility index (Phi) is 7.91. The second kappa shape index (κ2) is 10.6. The molecular weight excluding hydrogens is 412 g/mol. The van der Waals surface area contributed by atoms with Gasteiger partial charge in [0.05, 0.1) is 6.04 Å². The third-order valence-corrected chi connectivity index (χ3v) is 8.33. The van der Waals surface area contributed by atoms with E-state index in [1.165, 1.54) is 50.5 Å². The number of rotatable bonds is 14. The van der Waals surface area contributed by atoms with E-state index in [0.29, 0.717) is 18.4 Å². The largest absolute Gasteiger partial charge is 0.364 e. The fourth-order valence-electron chi connectivity index (χ4n) is 4.61. The first-order valence-corrected chi connectivity index (χ1v) is 12.7. The number of ether oxygens (including phenoxy) is 3. The smallest absolute Gasteiger partial charge is 0.259 e. The molecule has 3 aliphatic rings. The van der Waals surface area contributed by atoms with Gasteiger partial charge in [0.1, 0.15) is 13.5 Å². The number of carbonyl (C=O) groups excluding carboxylic acids is 1. The van der Waals surface area contributed by atoms with Crippen LogP contribution in [0.15, 0.2) is 18.3 Å². The zero-order valence-electron chi connectivity index (χ0n) is 18.9. The Hall–Kier alpha value is -1.15. The summed E-state index contributed by atoms with van der Waals surface area (Å²) in [5.41, 5.74) is 1.29. The minimum atomic E-state index is -0.926. The highest BCUT2D eigenvalue weighted by Gasteiger charge is 2.62. The number of methoxy groups -OCH3 is 2. The van der Waals surface area contributed by atoms with E-state index in [-0.39, 0.29) is 18.7 Å². The Morgan fingerprint density at radius 1 is 1.23 bits per heavy atom. The van der Waals surface area contributed by atoms with Crippen LogP contribution in [0.3, 0.4) is 0 Å². The van der Waals surface area contributed by atoms with Gasteiger partial charge in [-0.1, -0.05) is 25.7 Å². The molecule has 0 spiro atoms. The molecule has 0 unspecified atom stereocenters. The average molecular weight is 449 g/mol. The normalized spacial score (nSPS) is 26.1. The number of β-lactam (4-membered cyclic amide) rings is 1. The number of hydrogen-bond acceptors (Lipinski definition) is 6. The van der Waals surface area contributed by atoms with Gasteiger partial charge >= 0.3 is 0 Å². The van der Waals surface area contributed by atoms with Gasteiger partial charge in [-0.15, -0.1) is 0 Å². The molecule has 4 rings (SSSR count). The summed E-state index contributed by atoms with van der Waals surface area (Å²) < 4.78 is 16.7. The Morgan fingerprint density at radius 2 is 2.06 bits per heavy atom. The lowest BCUT2D eigenvalue weighted by Gasteiger charge is -2.55. The van der Waals surface area contributed by atoms with E-state index < -0.39 is 5.60 Å². The molecular formula is C24H36N2O4S. The third kappa shape index (κ3) is 5.44. The van der Waals surface area contributed by atoms with E-state index in [4.69, 9.17) is 14.2 Å². The topological polar surface area (TPSA) is 60.9 Å². The van der Waals surface area contributed by atoms with Gasteiger partial charge in [-0.3, -0.25) is 9.78 Å². The second-order valence-electron chi connectivity index (χ2n) is 9.20. The van der Waals surface area contributed by atoms with Crippen molar-refractivity contribution >= 4 is 17.7 Å². The van der Waals surface area contributed by atoms with Gasteiger partial charge in [0.15, 0.2) is 5.60 Å². The van der Waals surface area contributed by atoms with Crippen LogP contribution in [-0.4, -0.2) is 66.2 Å². The van der Waals surface area contributed by atoms with Crippen molar-refractivity contribution in [3.05, 3.63) is 29.6 Å². The van der Waals surface area contributed by atoms with E-state index in [2.05, 4.69) is 17.1 Å². The number of hydrogen-bond donors (Lipinski definition) is 0. The Bertz CT molecular complexity index is 740. The van der Waals surface area contributed by atoms with Crippen LogP contribution in [0.5, 0.6) is 0 Å². The summed E-state index contributed by atoms with van der Waals surface area (Å²) in [7, 11) is 3.23. The molecule has 2 saturated carbocycles. The lowest BCUT2D eigenvalue weighted by Crippen LogP contribution is -2.77. The number of aromatic nitrogens is 1. The molecule has 2 atom stereocenters. The second-order valence-corrected chi connectivity index (χ2v) is 10.5. The standard InChI is InChI=1S/C24H36N2O4S/c1-28-16-26-22(15-31-21-7-4-8-21)24(23(26)27,30-17-29-2)14-20-13-19(11-12-25-20)6-3-5-18-9-10-18/h11-13,18,21-22H,3-10,14-17H2,1-2H3/t22-,24+/m0/s1. The van der Waals surface area contributed by atoms with Crippen molar-refractivity contribution in [1.82, 2.24) is 9.88 Å². The first kappa shape index (κ1) is 23.0. The summed E-state index contributed by atoms with van der Waals surface area (Å²) in [5.74, 6) is 1.79. The van der Waals surface area contributed by atoms with Crippen molar-refractivity contribution in [1.29, 1.82) is 0 Å². The number of pyridine rings is 1. The number of carbonyl (C=O) groups is 1.